The standard InChI is InChI=1S/C19H26N2O3/c1-14-10-15(2)12-17(11-14)23-9-7-21(4)13-19(22)20-16(3)18-6-5-8-24-18/h5-6,8,10-12,16H,7,9,13H2,1-4H3,(H,20,22). The molecule has 0 spiro atoms. The Morgan fingerprint density at radius 2 is 2.00 bits per heavy atom. The number of hydrogen-bond acceptors (Lipinski definition) is 4. The highest BCUT2D eigenvalue weighted by molar-refractivity contribution is 5.78. The molecule has 1 atom stereocenters. The topological polar surface area (TPSA) is 54.7 Å². The normalized spacial score (nSPS) is 12.2. The van der Waals surface area contributed by atoms with Crippen LogP contribution in [0.3, 0.4) is 0 Å². The number of likely N-dealkylation sites (N-methyl/N-ethyl adjacent to an activating group) is 1. The molecular weight excluding hydrogens is 304 g/mol. The molecule has 1 amide bonds. The summed E-state index contributed by atoms with van der Waals surface area (Å²) in [6.07, 6.45) is 1.61. The molecule has 1 unspecified atom stereocenters. The molecule has 2 rings (SSSR count). The van der Waals surface area contributed by atoms with Crippen LogP contribution in [0.5, 0.6) is 5.75 Å². The molecule has 0 radical (unpaired) electrons. The summed E-state index contributed by atoms with van der Waals surface area (Å²) in [7, 11) is 1.90. The number of carbonyl (C=O) groups is 1. The molecule has 0 bridgehead atoms. The van der Waals surface area contributed by atoms with Crippen molar-refractivity contribution in [1.29, 1.82) is 0 Å². The Morgan fingerprint density at radius 1 is 1.29 bits per heavy atom. The monoisotopic (exact) mass is 330 g/mol. The van der Waals surface area contributed by atoms with Crippen molar-refractivity contribution in [2.75, 3.05) is 26.7 Å². The highest BCUT2D eigenvalue weighted by Gasteiger charge is 2.13. The Labute approximate surface area is 143 Å². The molecule has 0 saturated carbocycles. The third-order valence-electron chi connectivity index (χ3n) is 3.70. The highest BCUT2D eigenvalue weighted by atomic mass is 16.5. The van der Waals surface area contributed by atoms with E-state index < -0.39 is 0 Å². The molecule has 0 saturated heterocycles. The molecule has 0 aliphatic rings. The van der Waals surface area contributed by atoms with Crippen molar-refractivity contribution in [2.45, 2.75) is 26.8 Å². The number of aryl methyl sites for hydroxylation is 2. The van der Waals surface area contributed by atoms with E-state index in [0.29, 0.717) is 19.7 Å². The van der Waals surface area contributed by atoms with E-state index in [2.05, 4.69) is 25.2 Å². The lowest BCUT2D eigenvalue weighted by molar-refractivity contribution is -0.122. The van der Waals surface area contributed by atoms with Gasteiger partial charge in [0.05, 0.1) is 18.8 Å². The number of amides is 1. The van der Waals surface area contributed by atoms with Crippen LogP contribution in [-0.4, -0.2) is 37.6 Å². The Hall–Kier alpha value is -2.27. The number of nitrogens with zero attached hydrogens (tertiary/aromatic N) is 1. The number of nitrogens with one attached hydrogen (secondary N) is 1. The fraction of sp³-hybridized carbons (Fsp3) is 0.421. The second kappa shape index (κ2) is 8.55. The first-order valence-electron chi connectivity index (χ1n) is 8.16. The summed E-state index contributed by atoms with van der Waals surface area (Å²) in [6, 6.07) is 9.69. The van der Waals surface area contributed by atoms with E-state index in [-0.39, 0.29) is 11.9 Å². The van der Waals surface area contributed by atoms with Crippen molar-refractivity contribution in [1.82, 2.24) is 10.2 Å². The fourth-order valence-electron chi connectivity index (χ4n) is 2.56. The first-order valence-corrected chi connectivity index (χ1v) is 8.16. The molecule has 130 valence electrons. The van der Waals surface area contributed by atoms with Crippen LogP contribution in [0.1, 0.15) is 29.9 Å². The second-order valence-electron chi connectivity index (χ2n) is 6.21. The molecule has 5 heteroatoms. The first kappa shape index (κ1) is 18.1. The van der Waals surface area contributed by atoms with E-state index in [0.717, 1.165) is 11.5 Å². The van der Waals surface area contributed by atoms with E-state index in [1.165, 1.54) is 11.1 Å². The lowest BCUT2D eigenvalue weighted by Gasteiger charge is -2.18. The van der Waals surface area contributed by atoms with E-state index in [9.17, 15) is 4.79 Å². The summed E-state index contributed by atoms with van der Waals surface area (Å²) in [5, 5.41) is 2.92. The minimum atomic E-state index is -0.132. The summed E-state index contributed by atoms with van der Waals surface area (Å²) in [5.41, 5.74) is 2.37. The number of benzene rings is 1. The predicted molar refractivity (Wildman–Crippen MR) is 94.2 cm³/mol. The van der Waals surface area contributed by atoms with Crippen molar-refractivity contribution in [3.63, 3.8) is 0 Å². The molecule has 1 heterocycles. The van der Waals surface area contributed by atoms with Crippen molar-refractivity contribution >= 4 is 5.91 Å². The van der Waals surface area contributed by atoms with E-state index in [1.807, 2.05) is 43.1 Å². The maximum atomic E-state index is 12.0. The molecule has 0 aliphatic carbocycles. The Bertz CT molecular complexity index is 632. The molecule has 0 aliphatic heterocycles. The summed E-state index contributed by atoms with van der Waals surface area (Å²) in [6.45, 7) is 7.55. The number of ether oxygens (including phenoxy) is 1. The Kier molecular flexibility index (Phi) is 6.44. The van der Waals surface area contributed by atoms with Crippen molar-refractivity contribution < 1.29 is 13.9 Å². The van der Waals surface area contributed by atoms with E-state index in [4.69, 9.17) is 9.15 Å². The molecule has 1 aromatic carbocycles. The van der Waals surface area contributed by atoms with Crippen LogP contribution in [0.25, 0.3) is 0 Å². The molecule has 0 fully saturated rings. The predicted octanol–water partition coefficient (Wildman–Crippen LogP) is 3.08. The van der Waals surface area contributed by atoms with Gasteiger partial charge in [-0.1, -0.05) is 6.07 Å². The lowest BCUT2D eigenvalue weighted by Crippen LogP contribution is -2.37. The molecule has 5 nitrogen and oxygen atoms in total. The zero-order chi connectivity index (χ0) is 17.5. The van der Waals surface area contributed by atoms with Gasteiger partial charge in [0.25, 0.3) is 0 Å². The van der Waals surface area contributed by atoms with Gasteiger partial charge in [-0.15, -0.1) is 0 Å². The molecular formula is C19H26N2O3. The summed E-state index contributed by atoms with van der Waals surface area (Å²) in [5.74, 6) is 1.59. The zero-order valence-corrected chi connectivity index (χ0v) is 14.8. The number of furan rings is 1. The molecule has 1 aromatic heterocycles. The average Bonchev–Trinajstić information content (AvgIpc) is 3.00. The number of hydrogen-bond donors (Lipinski definition) is 1. The quantitative estimate of drug-likeness (QED) is 0.808. The van der Waals surface area contributed by atoms with Crippen LogP contribution in [0, 0.1) is 13.8 Å². The maximum Gasteiger partial charge on any atom is 0.234 e. The van der Waals surface area contributed by atoms with E-state index >= 15 is 0 Å². The fourth-order valence-corrected chi connectivity index (χ4v) is 2.56. The van der Waals surface area contributed by atoms with E-state index in [1.54, 1.807) is 6.26 Å². The van der Waals surface area contributed by atoms with Gasteiger partial charge in [-0.2, -0.15) is 0 Å². The summed E-state index contributed by atoms with van der Waals surface area (Å²) >= 11 is 0. The third kappa shape index (κ3) is 5.74. The minimum Gasteiger partial charge on any atom is -0.492 e. The van der Waals surface area contributed by atoms with Crippen LogP contribution in [-0.2, 0) is 4.79 Å². The summed E-state index contributed by atoms with van der Waals surface area (Å²) < 4.78 is 11.1. The number of rotatable bonds is 8. The van der Waals surface area contributed by atoms with Gasteiger partial charge >= 0.3 is 0 Å². The van der Waals surface area contributed by atoms with Gasteiger partial charge in [0, 0.05) is 6.54 Å². The second-order valence-corrected chi connectivity index (χ2v) is 6.21. The van der Waals surface area contributed by atoms with Crippen molar-refractivity contribution in [3.05, 3.63) is 53.5 Å². The SMILES string of the molecule is Cc1cc(C)cc(OCCN(C)CC(=O)NC(C)c2ccco2)c1. The van der Waals surface area contributed by atoms with Crippen molar-refractivity contribution in [2.24, 2.45) is 0 Å². The first-order chi connectivity index (χ1) is 11.4. The average molecular weight is 330 g/mol. The summed E-state index contributed by atoms with van der Waals surface area (Å²) in [4.78, 5) is 14.0. The number of carbonyl (C=O) groups excluding carboxylic acids is 1. The minimum absolute atomic E-state index is 0.0344. The van der Waals surface area contributed by atoms with Gasteiger partial charge in [0.15, 0.2) is 0 Å². The molecule has 1 N–H and O–H groups in total. The third-order valence-corrected chi connectivity index (χ3v) is 3.70. The van der Waals surface area contributed by atoms with Gasteiger partial charge in [-0.3, -0.25) is 9.69 Å². The highest BCUT2D eigenvalue weighted by Crippen LogP contribution is 2.16. The Balaban J connectivity index is 1.70. The molecule has 24 heavy (non-hydrogen) atoms. The van der Waals surface area contributed by atoms with Crippen LogP contribution >= 0.6 is 0 Å². The van der Waals surface area contributed by atoms with Crippen LogP contribution in [0.15, 0.2) is 41.0 Å². The van der Waals surface area contributed by atoms with Gasteiger partial charge in [-0.05, 0) is 63.2 Å². The van der Waals surface area contributed by atoms with Crippen LogP contribution in [0.4, 0.5) is 0 Å². The Morgan fingerprint density at radius 3 is 2.62 bits per heavy atom. The van der Waals surface area contributed by atoms with Crippen LogP contribution < -0.4 is 10.1 Å². The lowest BCUT2D eigenvalue weighted by atomic mass is 10.1. The van der Waals surface area contributed by atoms with Gasteiger partial charge in [0.1, 0.15) is 18.1 Å². The van der Waals surface area contributed by atoms with Gasteiger partial charge in [0.2, 0.25) is 5.91 Å². The zero-order valence-electron chi connectivity index (χ0n) is 14.8. The van der Waals surface area contributed by atoms with Gasteiger partial charge < -0.3 is 14.5 Å². The van der Waals surface area contributed by atoms with Gasteiger partial charge in [-0.25, -0.2) is 0 Å². The van der Waals surface area contributed by atoms with Crippen LogP contribution in [0.2, 0.25) is 0 Å². The smallest absolute Gasteiger partial charge is 0.234 e. The largest absolute Gasteiger partial charge is 0.492 e. The van der Waals surface area contributed by atoms with Crippen molar-refractivity contribution in [3.8, 4) is 5.75 Å². The maximum absolute atomic E-state index is 12.0. The molecule has 2 aromatic rings.